The molecule has 0 aliphatic heterocycles. The highest BCUT2D eigenvalue weighted by Crippen LogP contribution is 2.19. The number of ether oxygens (including phenoxy) is 2. The summed E-state index contributed by atoms with van der Waals surface area (Å²) in [5.41, 5.74) is 0.621. The van der Waals surface area contributed by atoms with E-state index in [-0.39, 0.29) is 5.97 Å². The van der Waals surface area contributed by atoms with Crippen molar-refractivity contribution in [3.05, 3.63) is 11.6 Å². The van der Waals surface area contributed by atoms with Gasteiger partial charge in [-0.1, -0.05) is 25.7 Å². The van der Waals surface area contributed by atoms with E-state index in [1.807, 2.05) is 0 Å². The molecule has 0 aromatic heterocycles. The molecule has 0 heterocycles. The molecular formula is C13H22O3. The molecule has 0 bridgehead atoms. The van der Waals surface area contributed by atoms with Gasteiger partial charge in [0.2, 0.25) is 0 Å². The first-order valence-electron chi connectivity index (χ1n) is 6.10. The van der Waals surface area contributed by atoms with Crippen LogP contribution < -0.4 is 0 Å². The number of esters is 1. The Labute approximate surface area is 97.8 Å². The fourth-order valence-electron chi connectivity index (χ4n) is 1.96. The Morgan fingerprint density at radius 3 is 2.44 bits per heavy atom. The Balaban J connectivity index is 2.25. The smallest absolute Gasteiger partial charge is 0.333 e. The lowest BCUT2D eigenvalue weighted by Gasteiger charge is -2.13. The molecule has 3 nitrogen and oxygen atoms in total. The Kier molecular flexibility index (Phi) is 6.16. The Hall–Kier alpha value is -0.830. The van der Waals surface area contributed by atoms with E-state index < -0.39 is 0 Å². The van der Waals surface area contributed by atoms with Crippen LogP contribution in [0.25, 0.3) is 0 Å². The van der Waals surface area contributed by atoms with E-state index in [0.717, 1.165) is 12.8 Å². The van der Waals surface area contributed by atoms with E-state index in [0.29, 0.717) is 18.3 Å². The number of carbonyl (C=O) groups is 1. The van der Waals surface area contributed by atoms with E-state index in [1.54, 1.807) is 13.0 Å². The fourth-order valence-corrected chi connectivity index (χ4v) is 1.96. The fraction of sp³-hybridized carbons (Fsp3) is 0.769. The molecule has 0 aromatic carbocycles. The molecule has 0 amide bonds. The van der Waals surface area contributed by atoms with Gasteiger partial charge in [-0.3, -0.25) is 0 Å². The Bertz CT molecular complexity index is 238. The molecule has 0 unspecified atom stereocenters. The molecule has 1 saturated carbocycles. The molecule has 0 N–H and O–H groups in total. The zero-order valence-corrected chi connectivity index (χ0v) is 10.3. The summed E-state index contributed by atoms with van der Waals surface area (Å²) in [6, 6.07) is 0. The average Bonchev–Trinajstić information content (AvgIpc) is 2.56. The Morgan fingerprint density at radius 2 is 1.88 bits per heavy atom. The van der Waals surface area contributed by atoms with E-state index in [2.05, 4.69) is 4.74 Å². The molecule has 1 aliphatic rings. The molecule has 1 rings (SSSR count). The zero-order valence-electron chi connectivity index (χ0n) is 10.3. The van der Waals surface area contributed by atoms with Gasteiger partial charge < -0.3 is 9.47 Å². The normalized spacial score (nSPS) is 19.2. The molecular weight excluding hydrogens is 204 g/mol. The lowest BCUT2D eigenvalue weighted by Crippen LogP contribution is -2.12. The first kappa shape index (κ1) is 13.2. The summed E-state index contributed by atoms with van der Waals surface area (Å²) in [7, 11) is 1.39. The largest absolute Gasteiger partial charge is 0.466 e. The zero-order chi connectivity index (χ0) is 11.8. The van der Waals surface area contributed by atoms with Gasteiger partial charge >= 0.3 is 5.97 Å². The van der Waals surface area contributed by atoms with Gasteiger partial charge in [-0.15, -0.1) is 0 Å². The minimum Gasteiger partial charge on any atom is -0.466 e. The number of carbonyl (C=O) groups excluding carboxylic acids is 1. The molecule has 16 heavy (non-hydrogen) atoms. The van der Waals surface area contributed by atoms with Crippen molar-refractivity contribution in [2.45, 2.75) is 51.6 Å². The van der Waals surface area contributed by atoms with Crippen molar-refractivity contribution in [3.63, 3.8) is 0 Å². The van der Waals surface area contributed by atoms with Crippen molar-refractivity contribution < 1.29 is 14.3 Å². The van der Waals surface area contributed by atoms with Gasteiger partial charge in [0.15, 0.2) is 0 Å². The Morgan fingerprint density at radius 1 is 1.25 bits per heavy atom. The van der Waals surface area contributed by atoms with Gasteiger partial charge in [0.1, 0.15) is 0 Å². The van der Waals surface area contributed by atoms with Gasteiger partial charge in [0.25, 0.3) is 0 Å². The summed E-state index contributed by atoms with van der Waals surface area (Å²) in [4.78, 5) is 11.1. The van der Waals surface area contributed by atoms with Crippen LogP contribution in [0.4, 0.5) is 0 Å². The van der Waals surface area contributed by atoms with Gasteiger partial charge in [-0.05, 0) is 25.8 Å². The van der Waals surface area contributed by atoms with Crippen molar-refractivity contribution in [3.8, 4) is 0 Å². The van der Waals surface area contributed by atoms with Crippen LogP contribution in [0.2, 0.25) is 0 Å². The number of methoxy groups -OCH3 is 1. The van der Waals surface area contributed by atoms with Crippen molar-refractivity contribution in [2.24, 2.45) is 0 Å². The maximum absolute atomic E-state index is 11.1. The first-order chi connectivity index (χ1) is 7.74. The van der Waals surface area contributed by atoms with Crippen LogP contribution in [0.1, 0.15) is 45.4 Å². The van der Waals surface area contributed by atoms with Crippen LogP contribution in [0, 0.1) is 0 Å². The topological polar surface area (TPSA) is 35.5 Å². The van der Waals surface area contributed by atoms with Crippen LogP contribution in [0.15, 0.2) is 11.6 Å². The van der Waals surface area contributed by atoms with Gasteiger partial charge in [-0.25, -0.2) is 4.79 Å². The molecule has 0 spiro atoms. The van der Waals surface area contributed by atoms with E-state index >= 15 is 0 Å². The second kappa shape index (κ2) is 7.44. The minimum absolute atomic E-state index is 0.274. The van der Waals surface area contributed by atoms with E-state index in [1.165, 1.54) is 32.8 Å². The molecule has 92 valence electrons. The van der Waals surface area contributed by atoms with Crippen molar-refractivity contribution in [2.75, 3.05) is 13.7 Å². The summed E-state index contributed by atoms with van der Waals surface area (Å²) in [5, 5.41) is 0. The molecule has 0 aromatic rings. The predicted octanol–water partition coefficient (Wildman–Crippen LogP) is 2.85. The minimum atomic E-state index is -0.274. The summed E-state index contributed by atoms with van der Waals surface area (Å²) in [6.07, 6.45) is 9.69. The second-order valence-electron chi connectivity index (χ2n) is 4.33. The maximum atomic E-state index is 11.1. The lowest BCUT2D eigenvalue weighted by molar-refractivity contribution is -0.136. The number of hydrogen-bond donors (Lipinski definition) is 0. The molecule has 3 heteroatoms. The molecule has 0 radical (unpaired) electrons. The highest BCUT2D eigenvalue weighted by atomic mass is 16.5. The predicted molar refractivity (Wildman–Crippen MR) is 63.2 cm³/mol. The SMILES string of the molecule is COC(=O)C(C)=CCOC1CCCCCC1. The second-order valence-corrected chi connectivity index (χ2v) is 4.33. The monoisotopic (exact) mass is 226 g/mol. The third-order valence-electron chi connectivity index (χ3n) is 3.03. The standard InChI is InChI=1S/C13H22O3/c1-11(13(14)15-2)9-10-16-12-7-5-3-4-6-8-12/h9,12H,3-8,10H2,1-2H3. The van der Waals surface area contributed by atoms with Gasteiger partial charge in [-0.2, -0.15) is 0 Å². The highest BCUT2D eigenvalue weighted by molar-refractivity contribution is 5.87. The van der Waals surface area contributed by atoms with Crippen LogP contribution in [0.5, 0.6) is 0 Å². The lowest BCUT2D eigenvalue weighted by atomic mass is 10.1. The summed E-state index contributed by atoms with van der Waals surface area (Å²) >= 11 is 0. The van der Waals surface area contributed by atoms with Gasteiger partial charge in [0.05, 0.1) is 19.8 Å². The first-order valence-corrected chi connectivity index (χ1v) is 6.10. The molecule has 0 saturated heterocycles. The number of hydrogen-bond acceptors (Lipinski definition) is 3. The highest BCUT2D eigenvalue weighted by Gasteiger charge is 2.11. The van der Waals surface area contributed by atoms with Crippen LogP contribution in [-0.2, 0) is 14.3 Å². The summed E-state index contributed by atoms with van der Waals surface area (Å²) in [5.74, 6) is -0.274. The van der Waals surface area contributed by atoms with Crippen molar-refractivity contribution in [1.29, 1.82) is 0 Å². The van der Waals surface area contributed by atoms with Crippen molar-refractivity contribution in [1.82, 2.24) is 0 Å². The van der Waals surface area contributed by atoms with Crippen LogP contribution >= 0.6 is 0 Å². The van der Waals surface area contributed by atoms with E-state index in [4.69, 9.17) is 4.74 Å². The summed E-state index contributed by atoms with van der Waals surface area (Å²) < 4.78 is 10.4. The molecule has 1 fully saturated rings. The van der Waals surface area contributed by atoms with Crippen molar-refractivity contribution >= 4 is 5.97 Å². The quantitative estimate of drug-likeness (QED) is 0.420. The van der Waals surface area contributed by atoms with Crippen LogP contribution in [-0.4, -0.2) is 25.8 Å². The van der Waals surface area contributed by atoms with Gasteiger partial charge in [0, 0.05) is 5.57 Å². The van der Waals surface area contributed by atoms with E-state index in [9.17, 15) is 4.79 Å². The molecule has 1 aliphatic carbocycles. The maximum Gasteiger partial charge on any atom is 0.333 e. The average molecular weight is 226 g/mol. The van der Waals surface area contributed by atoms with Crippen LogP contribution in [0.3, 0.4) is 0 Å². The number of rotatable bonds is 4. The summed E-state index contributed by atoms with van der Waals surface area (Å²) in [6.45, 7) is 2.27. The third-order valence-corrected chi connectivity index (χ3v) is 3.03. The molecule has 0 atom stereocenters. The third kappa shape index (κ3) is 4.79.